The Kier molecular flexibility index (Phi) is 22.3. The molecule has 1 aliphatic rings. The Morgan fingerprint density at radius 2 is 0.576 bits per heavy atom. The van der Waals surface area contributed by atoms with Gasteiger partial charge >= 0.3 is 0 Å². The van der Waals surface area contributed by atoms with Crippen LogP contribution in [0.15, 0.2) is 0 Å². The highest BCUT2D eigenvalue weighted by atomic mass is 14.4. The van der Waals surface area contributed by atoms with E-state index < -0.39 is 0 Å². The zero-order chi connectivity index (χ0) is 23.7. The van der Waals surface area contributed by atoms with Gasteiger partial charge in [0.2, 0.25) is 0 Å². The van der Waals surface area contributed by atoms with Gasteiger partial charge in [-0.05, 0) is 31.1 Å². The monoisotopic (exact) mass is 463 g/mol. The molecule has 33 heavy (non-hydrogen) atoms. The first-order valence-corrected chi connectivity index (χ1v) is 16.3. The van der Waals surface area contributed by atoms with E-state index in [0.29, 0.717) is 0 Å². The Balaban J connectivity index is 1.91. The smallest absolute Gasteiger partial charge is 0.0297 e. The van der Waals surface area contributed by atoms with Crippen LogP contribution in [0.5, 0.6) is 0 Å². The number of hydrogen-bond donors (Lipinski definition) is 0. The van der Waals surface area contributed by atoms with Crippen LogP contribution in [0.2, 0.25) is 0 Å². The van der Waals surface area contributed by atoms with Crippen LogP contribution in [0.25, 0.3) is 0 Å². The first-order valence-electron chi connectivity index (χ1n) is 16.3. The molecule has 0 heterocycles. The Morgan fingerprint density at radius 3 is 0.848 bits per heavy atom. The summed E-state index contributed by atoms with van der Waals surface area (Å²) < 4.78 is 0. The van der Waals surface area contributed by atoms with Crippen molar-refractivity contribution in [3.8, 4) is 0 Å². The first-order chi connectivity index (χ1) is 16.3. The molecule has 0 aromatic rings. The molecule has 0 radical (unpaired) electrons. The molecule has 0 unspecified atom stereocenters. The van der Waals surface area contributed by atoms with Crippen LogP contribution in [-0.4, -0.2) is 0 Å². The van der Waals surface area contributed by atoms with Gasteiger partial charge in [-0.1, -0.05) is 181 Å². The fourth-order valence-corrected chi connectivity index (χ4v) is 6.43. The van der Waals surface area contributed by atoms with Gasteiger partial charge in [-0.3, -0.25) is 0 Å². The van der Waals surface area contributed by atoms with Gasteiger partial charge in [0.1, 0.15) is 0 Å². The molecule has 0 atom stereocenters. The first kappa shape index (κ1) is 31.0. The van der Waals surface area contributed by atoms with Gasteiger partial charge in [0.15, 0.2) is 0 Å². The standard InChI is InChI=1S/C33H66/c1-3-5-7-9-11-13-15-17-19-21-23-25-29-33(31-27-28-32-33)30-26-24-22-20-18-16-14-12-10-8-6-4-2/h3-32H2,1-2H3. The summed E-state index contributed by atoms with van der Waals surface area (Å²) in [6.45, 7) is 4.63. The molecule has 0 heteroatoms. The highest BCUT2D eigenvalue weighted by molar-refractivity contribution is 4.84. The van der Waals surface area contributed by atoms with Crippen molar-refractivity contribution >= 4 is 0 Å². The van der Waals surface area contributed by atoms with Crippen molar-refractivity contribution in [2.24, 2.45) is 5.41 Å². The van der Waals surface area contributed by atoms with Crippen molar-refractivity contribution in [1.82, 2.24) is 0 Å². The van der Waals surface area contributed by atoms with E-state index in [-0.39, 0.29) is 0 Å². The largest absolute Gasteiger partial charge is 0.0654 e. The number of hydrogen-bond acceptors (Lipinski definition) is 0. The van der Waals surface area contributed by atoms with Gasteiger partial charge in [0.05, 0.1) is 0 Å². The van der Waals surface area contributed by atoms with Crippen molar-refractivity contribution in [1.29, 1.82) is 0 Å². The maximum Gasteiger partial charge on any atom is -0.0297 e. The third-order valence-corrected chi connectivity index (χ3v) is 8.79. The lowest BCUT2D eigenvalue weighted by Crippen LogP contribution is -2.16. The van der Waals surface area contributed by atoms with Crippen LogP contribution in [-0.2, 0) is 0 Å². The molecule has 0 bridgehead atoms. The van der Waals surface area contributed by atoms with Crippen LogP contribution in [0.1, 0.15) is 206 Å². The Labute approximate surface area is 211 Å². The molecular formula is C33H66. The lowest BCUT2D eigenvalue weighted by atomic mass is 9.76. The molecule has 0 nitrogen and oxygen atoms in total. The fourth-order valence-electron chi connectivity index (χ4n) is 6.43. The third-order valence-electron chi connectivity index (χ3n) is 8.79. The van der Waals surface area contributed by atoms with Gasteiger partial charge in [0, 0.05) is 0 Å². The Hall–Kier alpha value is 0. The highest BCUT2D eigenvalue weighted by Gasteiger charge is 2.32. The van der Waals surface area contributed by atoms with E-state index in [0.717, 1.165) is 5.41 Å². The third kappa shape index (κ3) is 18.9. The minimum atomic E-state index is 0.775. The second-order valence-electron chi connectivity index (χ2n) is 12.0. The highest BCUT2D eigenvalue weighted by Crippen LogP contribution is 2.46. The van der Waals surface area contributed by atoms with Crippen molar-refractivity contribution in [2.75, 3.05) is 0 Å². The van der Waals surface area contributed by atoms with E-state index >= 15 is 0 Å². The van der Waals surface area contributed by atoms with Crippen LogP contribution < -0.4 is 0 Å². The maximum absolute atomic E-state index is 2.31. The maximum atomic E-state index is 2.31. The van der Waals surface area contributed by atoms with Gasteiger partial charge < -0.3 is 0 Å². The molecule has 0 amide bonds. The summed E-state index contributed by atoms with van der Waals surface area (Å²) in [5, 5.41) is 0. The lowest BCUT2D eigenvalue weighted by molar-refractivity contribution is 0.229. The minimum absolute atomic E-state index is 0.775. The molecule has 0 saturated heterocycles. The molecular weight excluding hydrogens is 396 g/mol. The van der Waals surface area contributed by atoms with E-state index in [1.54, 1.807) is 25.7 Å². The van der Waals surface area contributed by atoms with Crippen LogP contribution in [0.3, 0.4) is 0 Å². The van der Waals surface area contributed by atoms with Gasteiger partial charge in [-0.25, -0.2) is 0 Å². The molecule has 0 aromatic heterocycles. The summed E-state index contributed by atoms with van der Waals surface area (Å²) in [6.07, 6.45) is 44.8. The van der Waals surface area contributed by atoms with E-state index in [9.17, 15) is 0 Å². The van der Waals surface area contributed by atoms with E-state index in [4.69, 9.17) is 0 Å². The summed E-state index contributed by atoms with van der Waals surface area (Å²) in [6, 6.07) is 0. The van der Waals surface area contributed by atoms with E-state index in [2.05, 4.69) is 13.8 Å². The van der Waals surface area contributed by atoms with Gasteiger partial charge in [0.25, 0.3) is 0 Å². The SMILES string of the molecule is CCCCCCCCCCCCCCC1(CCCCCCCCCCCCCC)CCCC1. The zero-order valence-corrected chi connectivity index (χ0v) is 23.7. The summed E-state index contributed by atoms with van der Waals surface area (Å²) in [4.78, 5) is 0. The second kappa shape index (κ2) is 23.7. The van der Waals surface area contributed by atoms with Crippen LogP contribution in [0.4, 0.5) is 0 Å². The van der Waals surface area contributed by atoms with E-state index in [1.807, 2.05) is 0 Å². The van der Waals surface area contributed by atoms with Crippen molar-refractivity contribution in [2.45, 2.75) is 206 Å². The molecule has 1 fully saturated rings. The molecule has 1 rings (SSSR count). The van der Waals surface area contributed by atoms with E-state index in [1.165, 1.54) is 167 Å². The minimum Gasteiger partial charge on any atom is -0.0654 e. The van der Waals surface area contributed by atoms with Crippen molar-refractivity contribution in [3.63, 3.8) is 0 Å². The van der Waals surface area contributed by atoms with Gasteiger partial charge in [-0.2, -0.15) is 0 Å². The predicted molar refractivity (Wildman–Crippen MR) is 152 cm³/mol. The summed E-state index contributed by atoms with van der Waals surface area (Å²) in [5.74, 6) is 0. The Bertz CT molecular complexity index is 334. The summed E-state index contributed by atoms with van der Waals surface area (Å²) in [7, 11) is 0. The molecule has 1 saturated carbocycles. The summed E-state index contributed by atoms with van der Waals surface area (Å²) >= 11 is 0. The average Bonchev–Trinajstić information content (AvgIpc) is 3.29. The molecule has 0 aliphatic heterocycles. The second-order valence-corrected chi connectivity index (χ2v) is 12.0. The van der Waals surface area contributed by atoms with Crippen molar-refractivity contribution < 1.29 is 0 Å². The number of rotatable bonds is 26. The quantitative estimate of drug-likeness (QED) is 0.112. The predicted octanol–water partition coefficient (Wildman–Crippen LogP) is 12.7. The Morgan fingerprint density at radius 1 is 0.333 bits per heavy atom. The molecule has 0 aromatic carbocycles. The average molecular weight is 463 g/mol. The molecule has 0 spiro atoms. The number of unbranched alkanes of at least 4 members (excludes halogenated alkanes) is 22. The molecule has 198 valence electrons. The lowest BCUT2D eigenvalue weighted by Gasteiger charge is -2.29. The van der Waals surface area contributed by atoms with Crippen LogP contribution >= 0.6 is 0 Å². The summed E-state index contributed by atoms with van der Waals surface area (Å²) in [5.41, 5.74) is 0.775. The molecule has 0 N–H and O–H groups in total. The van der Waals surface area contributed by atoms with Gasteiger partial charge in [-0.15, -0.1) is 0 Å². The molecule has 1 aliphatic carbocycles. The normalized spacial score (nSPS) is 15.5. The fraction of sp³-hybridized carbons (Fsp3) is 1.00. The van der Waals surface area contributed by atoms with Crippen LogP contribution in [0, 0.1) is 5.41 Å². The zero-order valence-electron chi connectivity index (χ0n) is 23.7. The topological polar surface area (TPSA) is 0 Å². The van der Waals surface area contributed by atoms with Crippen molar-refractivity contribution in [3.05, 3.63) is 0 Å².